The van der Waals surface area contributed by atoms with Gasteiger partial charge in [0, 0.05) is 0 Å². The van der Waals surface area contributed by atoms with Crippen LogP contribution < -0.4 is 4.74 Å². The summed E-state index contributed by atoms with van der Waals surface area (Å²) in [7, 11) is 0. The summed E-state index contributed by atoms with van der Waals surface area (Å²) in [6, 6.07) is 12.3. The zero-order chi connectivity index (χ0) is 27.8. The van der Waals surface area contributed by atoms with Crippen LogP contribution in [0.5, 0.6) is 5.75 Å². The molecule has 0 heterocycles. The number of hydrogen-bond acceptors (Lipinski definition) is 1. The Kier molecular flexibility index (Phi) is 11.4. The van der Waals surface area contributed by atoms with Crippen LogP contribution in [0.25, 0.3) is 11.1 Å². The van der Waals surface area contributed by atoms with Gasteiger partial charge < -0.3 is 4.74 Å². The van der Waals surface area contributed by atoms with Gasteiger partial charge in [-0.1, -0.05) is 85.4 Å². The lowest BCUT2D eigenvalue weighted by atomic mass is 9.68. The summed E-state index contributed by atoms with van der Waals surface area (Å²) in [5.41, 5.74) is 8.67. The number of aryl methyl sites for hydroxylation is 3. The minimum absolute atomic E-state index is 0.756. The van der Waals surface area contributed by atoms with Crippen LogP contribution in [0.3, 0.4) is 0 Å². The predicted molar refractivity (Wildman–Crippen MR) is 170 cm³/mol. The highest BCUT2D eigenvalue weighted by molar-refractivity contribution is 5.71. The highest BCUT2D eigenvalue weighted by Gasteiger charge is 2.30. The lowest BCUT2D eigenvalue weighted by molar-refractivity contribution is 0.165. The molecule has 2 aliphatic carbocycles. The first kappa shape index (κ1) is 30.2. The van der Waals surface area contributed by atoms with E-state index >= 15 is 0 Å². The molecular formula is C38H58O. The van der Waals surface area contributed by atoms with Gasteiger partial charge in [0.25, 0.3) is 0 Å². The van der Waals surface area contributed by atoms with E-state index in [1.807, 2.05) is 0 Å². The van der Waals surface area contributed by atoms with Crippen LogP contribution in [0.2, 0.25) is 0 Å². The molecule has 2 fully saturated rings. The van der Waals surface area contributed by atoms with Crippen LogP contribution in [0, 0.1) is 23.7 Å². The van der Waals surface area contributed by atoms with E-state index in [1.165, 1.54) is 92.0 Å². The standard InChI is InChI=1S/C38H58O/c1-7-28(8-2)22-23-39-38-30(10-4)25-36(26-31(38)11-5)37-21-20-35(24-29(37)9-3)34-18-16-33(17-19-34)32-14-12-27(6)13-15-32/h20-21,24-28,32-34H,7-19,22-23H2,1-6H3. The molecule has 0 N–H and O–H groups in total. The maximum atomic E-state index is 6.49. The summed E-state index contributed by atoms with van der Waals surface area (Å²) >= 11 is 0. The van der Waals surface area contributed by atoms with E-state index in [0.717, 1.165) is 67.6 Å². The monoisotopic (exact) mass is 530 g/mol. The molecule has 2 saturated carbocycles. The Bertz CT molecular complexity index is 990. The van der Waals surface area contributed by atoms with Gasteiger partial charge in [0.1, 0.15) is 5.75 Å². The van der Waals surface area contributed by atoms with Crippen molar-refractivity contribution in [2.75, 3.05) is 6.61 Å². The van der Waals surface area contributed by atoms with Gasteiger partial charge in [-0.25, -0.2) is 0 Å². The fourth-order valence-corrected chi connectivity index (χ4v) is 7.77. The Morgan fingerprint density at radius 3 is 1.79 bits per heavy atom. The molecule has 39 heavy (non-hydrogen) atoms. The first-order valence-electron chi connectivity index (χ1n) is 16.9. The third-order valence-electron chi connectivity index (χ3n) is 10.7. The zero-order valence-corrected chi connectivity index (χ0v) is 26.3. The fraction of sp³-hybridized carbons (Fsp3) is 0.684. The van der Waals surface area contributed by atoms with Gasteiger partial charge in [-0.2, -0.15) is 0 Å². The Labute approximate surface area is 241 Å². The smallest absolute Gasteiger partial charge is 0.125 e. The second kappa shape index (κ2) is 14.7. The summed E-state index contributed by atoms with van der Waals surface area (Å²) in [5, 5.41) is 0. The second-order valence-electron chi connectivity index (χ2n) is 13.1. The van der Waals surface area contributed by atoms with E-state index in [1.54, 1.807) is 5.56 Å². The number of benzene rings is 2. The molecule has 0 radical (unpaired) electrons. The molecule has 0 aliphatic heterocycles. The third kappa shape index (κ3) is 7.51. The van der Waals surface area contributed by atoms with E-state index in [2.05, 4.69) is 71.9 Å². The Balaban J connectivity index is 1.48. The van der Waals surface area contributed by atoms with Crippen molar-refractivity contribution in [1.82, 2.24) is 0 Å². The van der Waals surface area contributed by atoms with E-state index in [-0.39, 0.29) is 0 Å². The molecule has 0 amide bonds. The molecule has 216 valence electrons. The first-order valence-corrected chi connectivity index (χ1v) is 16.9. The van der Waals surface area contributed by atoms with Crippen LogP contribution in [-0.4, -0.2) is 6.61 Å². The second-order valence-corrected chi connectivity index (χ2v) is 13.1. The number of hydrogen-bond donors (Lipinski definition) is 0. The summed E-state index contributed by atoms with van der Waals surface area (Å²) in [4.78, 5) is 0. The molecule has 0 unspecified atom stereocenters. The van der Waals surface area contributed by atoms with Crippen molar-refractivity contribution in [2.24, 2.45) is 23.7 Å². The summed E-state index contributed by atoms with van der Waals surface area (Å²) < 4.78 is 6.49. The maximum absolute atomic E-state index is 6.49. The molecule has 0 spiro atoms. The van der Waals surface area contributed by atoms with Crippen molar-refractivity contribution < 1.29 is 4.74 Å². The number of ether oxygens (including phenoxy) is 1. The summed E-state index contributed by atoms with van der Waals surface area (Å²) in [6.07, 6.45) is 18.4. The quantitative estimate of drug-likeness (QED) is 0.265. The molecule has 0 bridgehead atoms. The SMILES string of the molecule is CCc1cc(C2CCC(C3CCC(C)CC3)CC2)ccc1-c1cc(CC)c(OCCC(CC)CC)c(CC)c1. The zero-order valence-electron chi connectivity index (χ0n) is 26.3. The molecule has 2 aromatic rings. The highest BCUT2D eigenvalue weighted by Crippen LogP contribution is 2.44. The molecule has 0 saturated heterocycles. The van der Waals surface area contributed by atoms with Crippen molar-refractivity contribution in [3.8, 4) is 16.9 Å². The molecule has 0 atom stereocenters. The normalized spacial score (nSPS) is 23.8. The van der Waals surface area contributed by atoms with Crippen LogP contribution >= 0.6 is 0 Å². The molecule has 1 heteroatoms. The van der Waals surface area contributed by atoms with Crippen molar-refractivity contribution in [2.45, 2.75) is 137 Å². The van der Waals surface area contributed by atoms with E-state index in [4.69, 9.17) is 4.74 Å². The van der Waals surface area contributed by atoms with E-state index in [0.29, 0.717) is 0 Å². The fourth-order valence-electron chi connectivity index (χ4n) is 7.77. The average Bonchev–Trinajstić information content (AvgIpc) is 2.99. The van der Waals surface area contributed by atoms with Gasteiger partial charge in [-0.15, -0.1) is 0 Å². The van der Waals surface area contributed by atoms with E-state index < -0.39 is 0 Å². The lowest BCUT2D eigenvalue weighted by Gasteiger charge is -2.37. The Hall–Kier alpha value is -1.76. The summed E-state index contributed by atoms with van der Waals surface area (Å²) in [6.45, 7) is 14.8. The lowest BCUT2D eigenvalue weighted by Crippen LogP contribution is -2.24. The van der Waals surface area contributed by atoms with Crippen LogP contribution in [0.1, 0.15) is 140 Å². The summed E-state index contributed by atoms with van der Waals surface area (Å²) in [5.74, 6) is 5.67. The van der Waals surface area contributed by atoms with Crippen LogP contribution in [-0.2, 0) is 19.3 Å². The largest absolute Gasteiger partial charge is 0.493 e. The van der Waals surface area contributed by atoms with Gasteiger partial charge in [-0.05, 0) is 139 Å². The van der Waals surface area contributed by atoms with Crippen LogP contribution in [0.4, 0.5) is 0 Å². The molecule has 2 aliphatic rings. The third-order valence-corrected chi connectivity index (χ3v) is 10.7. The molecule has 0 aromatic heterocycles. The maximum Gasteiger partial charge on any atom is 0.125 e. The Morgan fingerprint density at radius 1 is 0.692 bits per heavy atom. The van der Waals surface area contributed by atoms with Gasteiger partial charge in [0.2, 0.25) is 0 Å². The van der Waals surface area contributed by atoms with Crippen molar-refractivity contribution in [3.63, 3.8) is 0 Å². The topological polar surface area (TPSA) is 9.23 Å². The highest BCUT2D eigenvalue weighted by atomic mass is 16.5. The van der Waals surface area contributed by atoms with Crippen molar-refractivity contribution >= 4 is 0 Å². The number of rotatable bonds is 12. The predicted octanol–water partition coefficient (Wildman–Crippen LogP) is 11.3. The van der Waals surface area contributed by atoms with Gasteiger partial charge >= 0.3 is 0 Å². The van der Waals surface area contributed by atoms with Gasteiger partial charge in [0.05, 0.1) is 6.61 Å². The minimum Gasteiger partial charge on any atom is -0.493 e. The molecule has 1 nitrogen and oxygen atoms in total. The van der Waals surface area contributed by atoms with Crippen molar-refractivity contribution in [1.29, 1.82) is 0 Å². The molecule has 2 aromatic carbocycles. The molecular weight excluding hydrogens is 472 g/mol. The minimum atomic E-state index is 0.756. The van der Waals surface area contributed by atoms with Crippen molar-refractivity contribution in [3.05, 3.63) is 52.6 Å². The average molecular weight is 531 g/mol. The Morgan fingerprint density at radius 2 is 1.26 bits per heavy atom. The van der Waals surface area contributed by atoms with Gasteiger partial charge in [0.15, 0.2) is 0 Å². The van der Waals surface area contributed by atoms with E-state index in [9.17, 15) is 0 Å². The van der Waals surface area contributed by atoms with Gasteiger partial charge in [-0.3, -0.25) is 0 Å². The van der Waals surface area contributed by atoms with Crippen LogP contribution in [0.15, 0.2) is 30.3 Å². The first-order chi connectivity index (χ1) is 19.0. The molecule has 4 rings (SSSR count).